The SMILES string of the molecule is COC(=O)Cn1ncc(NCC(C)C(C)C)c(Cl)c1=O. The van der Waals surface area contributed by atoms with E-state index in [1.165, 1.54) is 13.3 Å². The second-order valence-corrected chi connectivity index (χ2v) is 5.39. The van der Waals surface area contributed by atoms with Crippen LogP contribution in [0.2, 0.25) is 5.02 Å². The number of hydrogen-bond acceptors (Lipinski definition) is 5. The molecule has 0 aliphatic rings. The van der Waals surface area contributed by atoms with Crippen LogP contribution in [0.3, 0.4) is 0 Å². The Morgan fingerprint density at radius 2 is 2.15 bits per heavy atom. The maximum absolute atomic E-state index is 11.9. The van der Waals surface area contributed by atoms with Gasteiger partial charge in [0.2, 0.25) is 0 Å². The number of anilines is 1. The van der Waals surface area contributed by atoms with E-state index in [9.17, 15) is 9.59 Å². The summed E-state index contributed by atoms with van der Waals surface area (Å²) in [5.41, 5.74) is -0.0375. The predicted molar refractivity (Wildman–Crippen MR) is 78.0 cm³/mol. The Hall–Kier alpha value is -1.56. The smallest absolute Gasteiger partial charge is 0.327 e. The van der Waals surface area contributed by atoms with E-state index < -0.39 is 11.5 Å². The number of ether oxygens (including phenoxy) is 1. The van der Waals surface area contributed by atoms with Gasteiger partial charge in [0, 0.05) is 6.54 Å². The van der Waals surface area contributed by atoms with Crippen molar-refractivity contribution in [2.75, 3.05) is 19.0 Å². The topological polar surface area (TPSA) is 73.2 Å². The monoisotopic (exact) mass is 301 g/mol. The van der Waals surface area contributed by atoms with Gasteiger partial charge in [0.25, 0.3) is 5.56 Å². The third-order valence-electron chi connectivity index (χ3n) is 3.24. The zero-order valence-electron chi connectivity index (χ0n) is 12.1. The Morgan fingerprint density at radius 3 is 2.70 bits per heavy atom. The summed E-state index contributed by atoms with van der Waals surface area (Å²) in [4.78, 5) is 23.1. The lowest BCUT2D eigenvalue weighted by atomic mass is 9.98. The summed E-state index contributed by atoms with van der Waals surface area (Å²) in [6.07, 6.45) is 1.44. The van der Waals surface area contributed by atoms with Crippen molar-refractivity contribution in [3.8, 4) is 0 Å². The van der Waals surface area contributed by atoms with E-state index in [0.29, 0.717) is 24.1 Å². The third kappa shape index (κ3) is 4.23. The molecular formula is C13H20ClN3O3. The van der Waals surface area contributed by atoms with Crippen LogP contribution >= 0.6 is 11.6 Å². The molecule has 112 valence electrons. The van der Waals surface area contributed by atoms with Crippen LogP contribution < -0.4 is 10.9 Å². The van der Waals surface area contributed by atoms with Crippen LogP contribution in [-0.2, 0) is 16.1 Å². The summed E-state index contributed by atoms with van der Waals surface area (Å²) in [7, 11) is 1.25. The van der Waals surface area contributed by atoms with Gasteiger partial charge in [-0.1, -0.05) is 32.4 Å². The summed E-state index contributed by atoms with van der Waals surface area (Å²) in [6, 6.07) is 0. The average molecular weight is 302 g/mol. The number of halogens is 1. The van der Waals surface area contributed by atoms with Crippen LogP contribution in [0.15, 0.2) is 11.0 Å². The van der Waals surface area contributed by atoms with Crippen LogP contribution in [-0.4, -0.2) is 29.4 Å². The molecule has 0 aromatic carbocycles. The van der Waals surface area contributed by atoms with E-state index in [1.807, 2.05) is 0 Å². The second kappa shape index (κ2) is 7.28. The van der Waals surface area contributed by atoms with Gasteiger partial charge in [-0.25, -0.2) is 4.68 Å². The van der Waals surface area contributed by atoms with Gasteiger partial charge in [0.1, 0.15) is 11.6 Å². The fraction of sp³-hybridized carbons (Fsp3) is 0.615. The number of nitrogens with one attached hydrogen (secondary N) is 1. The van der Waals surface area contributed by atoms with Crippen molar-refractivity contribution in [1.29, 1.82) is 0 Å². The maximum atomic E-state index is 11.9. The predicted octanol–water partition coefficient (Wildman–Crippen LogP) is 1.77. The van der Waals surface area contributed by atoms with Crippen molar-refractivity contribution < 1.29 is 9.53 Å². The summed E-state index contributed by atoms with van der Waals surface area (Å²) < 4.78 is 5.46. The maximum Gasteiger partial charge on any atom is 0.327 e. The molecular weight excluding hydrogens is 282 g/mol. The fourth-order valence-corrected chi connectivity index (χ4v) is 1.61. The molecule has 1 atom stereocenters. The third-order valence-corrected chi connectivity index (χ3v) is 3.61. The molecule has 0 spiro atoms. The number of carbonyl (C=O) groups excluding carboxylic acids is 1. The largest absolute Gasteiger partial charge is 0.468 e. The first-order valence-corrected chi connectivity index (χ1v) is 6.81. The van der Waals surface area contributed by atoms with Crippen LogP contribution in [0, 0.1) is 11.8 Å². The molecule has 20 heavy (non-hydrogen) atoms. The normalized spacial score (nSPS) is 12.3. The van der Waals surface area contributed by atoms with Gasteiger partial charge in [-0.2, -0.15) is 5.10 Å². The standard InChI is InChI=1S/C13H20ClN3O3/c1-8(2)9(3)5-15-10-6-16-17(7-11(18)20-4)13(19)12(10)14/h6,8-9,15H,5,7H2,1-4H3. The number of aromatic nitrogens is 2. The first-order valence-electron chi connectivity index (χ1n) is 6.43. The van der Waals surface area contributed by atoms with E-state index in [-0.39, 0.29) is 11.6 Å². The minimum atomic E-state index is -0.551. The van der Waals surface area contributed by atoms with Crippen LogP contribution in [0.1, 0.15) is 20.8 Å². The fourth-order valence-electron chi connectivity index (χ4n) is 1.39. The van der Waals surface area contributed by atoms with Crippen molar-refractivity contribution in [1.82, 2.24) is 9.78 Å². The summed E-state index contributed by atoms with van der Waals surface area (Å²) in [5, 5.41) is 7.04. The summed E-state index contributed by atoms with van der Waals surface area (Å²) in [6.45, 7) is 6.80. The van der Waals surface area contributed by atoms with Crippen LogP contribution in [0.5, 0.6) is 0 Å². The zero-order chi connectivity index (χ0) is 15.3. The van der Waals surface area contributed by atoms with Crippen molar-refractivity contribution in [2.45, 2.75) is 27.3 Å². The highest BCUT2D eigenvalue weighted by molar-refractivity contribution is 6.32. The molecule has 1 rings (SSSR count). The minimum Gasteiger partial charge on any atom is -0.468 e. The molecule has 0 radical (unpaired) electrons. The number of nitrogens with zero attached hydrogens (tertiary/aromatic N) is 2. The van der Waals surface area contributed by atoms with Gasteiger partial charge in [-0.15, -0.1) is 0 Å². The number of carbonyl (C=O) groups is 1. The van der Waals surface area contributed by atoms with E-state index in [1.54, 1.807) is 0 Å². The minimum absolute atomic E-state index is 0.0276. The van der Waals surface area contributed by atoms with E-state index in [4.69, 9.17) is 11.6 Å². The average Bonchev–Trinajstić information content (AvgIpc) is 2.42. The molecule has 0 aliphatic carbocycles. The Morgan fingerprint density at radius 1 is 1.50 bits per heavy atom. The molecule has 0 fully saturated rings. The molecule has 1 aromatic rings. The van der Waals surface area contributed by atoms with Crippen LogP contribution in [0.25, 0.3) is 0 Å². The zero-order valence-corrected chi connectivity index (χ0v) is 12.9. The van der Waals surface area contributed by atoms with Gasteiger partial charge in [0.05, 0.1) is 19.0 Å². The number of rotatable bonds is 6. The molecule has 0 aliphatic heterocycles. The Balaban J connectivity index is 2.84. The number of esters is 1. The molecule has 1 heterocycles. The molecule has 1 N–H and O–H groups in total. The van der Waals surface area contributed by atoms with E-state index >= 15 is 0 Å². The first-order chi connectivity index (χ1) is 9.36. The van der Waals surface area contributed by atoms with Crippen molar-refractivity contribution in [3.63, 3.8) is 0 Å². The van der Waals surface area contributed by atoms with Crippen LogP contribution in [0.4, 0.5) is 5.69 Å². The number of hydrogen-bond donors (Lipinski definition) is 1. The van der Waals surface area contributed by atoms with Gasteiger partial charge >= 0.3 is 5.97 Å². The highest BCUT2D eigenvalue weighted by Gasteiger charge is 2.13. The van der Waals surface area contributed by atoms with Gasteiger partial charge in [0.15, 0.2) is 0 Å². The van der Waals surface area contributed by atoms with E-state index in [0.717, 1.165) is 4.68 Å². The lowest BCUT2D eigenvalue weighted by Crippen LogP contribution is -2.28. The Kier molecular flexibility index (Phi) is 6.01. The molecule has 0 saturated carbocycles. The summed E-state index contributed by atoms with van der Waals surface area (Å²) >= 11 is 6.00. The highest BCUT2D eigenvalue weighted by atomic mass is 35.5. The molecule has 7 heteroatoms. The second-order valence-electron chi connectivity index (χ2n) is 5.01. The van der Waals surface area contributed by atoms with Gasteiger partial charge in [-0.05, 0) is 11.8 Å². The van der Waals surface area contributed by atoms with E-state index in [2.05, 4.69) is 35.9 Å². The quantitative estimate of drug-likeness (QED) is 0.811. The molecule has 0 amide bonds. The number of methoxy groups -OCH3 is 1. The molecule has 1 aromatic heterocycles. The first kappa shape index (κ1) is 16.5. The lowest BCUT2D eigenvalue weighted by molar-refractivity contribution is -0.141. The van der Waals surface area contributed by atoms with Crippen molar-refractivity contribution in [2.24, 2.45) is 11.8 Å². The molecule has 1 unspecified atom stereocenters. The Labute approximate surface area is 123 Å². The molecule has 6 nitrogen and oxygen atoms in total. The molecule has 0 bridgehead atoms. The highest BCUT2D eigenvalue weighted by Crippen LogP contribution is 2.17. The lowest BCUT2D eigenvalue weighted by Gasteiger charge is -2.17. The van der Waals surface area contributed by atoms with Crippen molar-refractivity contribution in [3.05, 3.63) is 21.6 Å². The summed E-state index contributed by atoms with van der Waals surface area (Å²) in [5.74, 6) is 0.405. The Bertz CT molecular complexity index is 528. The van der Waals surface area contributed by atoms with Gasteiger partial charge < -0.3 is 10.1 Å². The van der Waals surface area contributed by atoms with Crippen molar-refractivity contribution >= 4 is 23.3 Å². The van der Waals surface area contributed by atoms with Gasteiger partial charge in [-0.3, -0.25) is 9.59 Å². The molecule has 0 saturated heterocycles.